The molecule has 3 atom stereocenters. The van der Waals surface area contributed by atoms with E-state index in [0.717, 1.165) is 37.1 Å². The molecule has 1 saturated carbocycles. The van der Waals surface area contributed by atoms with Gasteiger partial charge >= 0.3 is 0 Å². The Morgan fingerprint density at radius 2 is 1.62 bits per heavy atom. The summed E-state index contributed by atoms with van der Waals surface area (Å²) in [6.45, 7) is 7.34. The van der Waals surface area contributed by atoms with Gasteiger partial charge in [0.2, 0.25) is 5.91 Å². The number of hydrogen-bond donors (Lipinski definition) is 2. The molecule has 1 unspecified atom stereocenters. The topological polar surface area (TPSA) is 79.9 Å². The van der Waals surface area contributed by atoms with Crippen molar-refractivity contribution in [1.82, 2.24) is 15.5 Å². The molecule has 0 radical (unpaired) electrons. The van der Waals surface area contributed by atoms with Gasteiger partial charge in [-0.3, -0.25) is 9.59 Å². The molecule has 1 saturated heterocycles. The molecule has 1 heterocycles. The van der Waals surface area contributed by atoms with E-state index in [9.17, 15) is 9.59 Å². The number of nitrogens with zero attached hydrogens (tertiary/aromatic N) is 1. The Labute approximate surface area is 249 Å². The van der Waals surface area contributed by atoms with Crippen molar-refractivity contribution in [1.29, 1.82) is 0 Å². The largest absolute Gasteiger partial charge is 0.493 e. The van der Waals surface area contributed by atoms with Crippen LogP contribution in [-0.4, -0.2) is 56.0 Å². The quantitative estimate of drug-likeness (QED) is 0.293. The summed E-state index contributed by atoms with van der Waals surface area (Å²) >= 11 is 0. The predicted octanol–water partition coefficient (Wildman–Crippen LogP) is 5.27. The summed E-state index contributed by atoms with van der Waals surface area (Å²) in [6.07, 6.45) is 2.22. The molecule has 7 nitrogen and oxygen atoms in total. The molecule has 3 aromatic rings. The van der Waals surface area contributed by atoms with E-state index in [-0.39, 0.29) is 35.6 Å². The minimum Gasteiger partial charge on any atom is -0.493 e. The summed E-state index contributed by atoms with van der Waals surface area (Å²) in [6, 6.07) is 25.5. The number of ether oxygens (including phenoxy) is 2. The third-order valence-corrected chi connectivity index (χ3v) is 8.52. The van der Waals surface area contributed by atoms with Gasteiger partial charge < -0.3 is 25.0 Å². The second-order valence-corrected chi connectivity index (χ2v) is 11.8. The molecule has 0 bridgehead atoms. The standard InChI is InChI=1S/C35H43N3O4/c1-24(2)38(35(40)28-16-17-31(41-3)32(18-28)42-23-25-10-6-4-7-11-25)22-30-20-36-19-29(30)21-37-34(39)33(27-14-15-27)26-12-8-5-9-13-26/h4-13,16-18,24,27,29-30,33,36H,14-15,19-23H2,1-3H3,(H,37,39)/t29-,30-,33?/m0/s1. The van der Waals surface area contributed by atoms with E-state index in [1.807, 2.05) is 67.3 Å². The first kappa shape index (κ1) is 29.6. The summed E-state index contributed by atoms with van der Waals surface area (Å²) in [5, 5.41) is 6.77. The van der Waals surface area contributed by atoms with Crippen molar-refractivity contribution < 1.29 is 19.1 Å². The zero-order valence-electron chi connectivity index (χ0n) is 24.9. The molecule has 1 aliphatic heterocycles. The normalized spacial score (nSPS) is 18.9. The average Bonchev–Trinajstić information content (AvgIpc) is 3.75. The van der Waals surface area contributed by atoms with Crippen LogP contribution in [0.25, 0.3) is 0 Å². The van der Waals surface area contributed by atoms with Crippen LogP contribution in [0, 0.1) is 17.8 Å². The van der Waals surface area contributed by atoms with Crippen molar-refractivity contribution in [3.05, 3.63) is 95.6 Å². The molecule has 1 aliphatic carbocycles. The lowest BCUT2D eigenvalue weighted by Crippen LogP contribution is -2.44. The first-order valence-corrected chi connectivity index (χ1v) is 15.1. The maximum Gasteiger partial charge on any atom is 0.254 e. The van der Waals surface area contributed by atoms with Crippen LogP contribution in [0.2, 0.25) is 0 Å². The van der Waals surface area contributed by atoms with E-state index >= 15 is 0 Å². The molecule has 0 spiro atoms. The first-order valence-electron chi connectivity index (χ1n) is 15.1. The Hall–Kier alpha value is -3.84. The number of hydrogen-bond acceptors (Lipinski definition) is 5. The minimum atomic E-state index is -0.0823. The van der Waals surface area contributed by atoms with Crippen LogP contribution < -0.4 is 20.1 Å². The lowest BCUT2D eigenvalue weighted by atomic mass is 9.91. The lowest BCUT2D eigenvalue weighted by Gasteiger charge is -2.32. The highest BCUT2D eigenvalue weighted by Gasteiger charge is 2.38. The number of nitrogens with one attached hydrogen (secondary N) is 2. The fourth-order valence-corrected chi connectivity index (χ4v) is 5.91. The highest BCUT2D eigenvalue weighted by atomic mass is 16.5. The van der Waals surface area contributed by atoms with Gasteiger partial charge in [-0.05, 0) is 73.8 Å². The Morgan fingerprint density at radius 1 is 0.929 bits per heavy atom. The lowest BCUT2D eigenvalue weighted by molar-refractivity contribution is -0.123. The van der Waals surface area contributed by atoms with Crippen molar-refractivity contribution in [3.8, 4) is 11.5 Å². The molecule has 2 amide bonds. The zero-order chi connectivity index (χ0) is 29.5. The van der Waals surface area contributed by atoms with Crippen LogP contribution in [0.15, 0.2) is 78.9 Å². The molecule has 5 rings (SSSR count). The maximum atomic E-state index is 13.8. The number of benzene rings is 3. The van der Waals surface area contributed by atoms with Crippen LogP contribution in [0.3, 0.4) is 0 Å². The van der Waals surface area contributed by atoms with Crippen molar-refractivity contribution >= 4 is 11.8 Å². The van der Waals surface area contributed by atoms with Gasteiger partial charge in [-0.1, -0.05) is 60.7 Å². The minimum absolute atomic E-state index is 0.0152. The number of rotatable bonds is 13. The van der Waals surface area contributed by atoms with Gasteiger partial charge in [0, 0.05) is 37.8 Å². The molecule has 222 valence electrons. The fourth-order valence-electron chi connectivity index (χ4n) is 5.91. The Kier molecular flexibility index (Phi) is 9.80. The second-order valence-electron chi connectivity index (χ2n) is 11.8. The van der Waals surface area contributed by atoms with Crippen molar-refractivity contribution in [2.45, 2.75) is 45.3 Å². The van der Waals surface area contributed by atoms with Crippen molar-refractivity contribution in [2.24, 2.45) is 17.8 Å². The van der Waals surface area contributed by atoms with Gasteiger partial charge in [0.25, 0.3) is 5.91 Å². The molecule has 2 fully saturated rings. The summed E-state index contributed by atoms with van der Waals surface area (Å²) in [5.74, 6) is 2.06. The van der Waals surface area contributed by atoms with Crippen LogP contribution >= 0.6 is 0 Å². The number of amides is 2. The Bertz CT molecular complexity index is 1330. The van der Waals surface area contributed by atoms with E-state index in [4.69, 9.17) is 9.47 Å². The van der Waals surface area contributed by atoms with Crippen LogP contribution in [-0.2, 0) is 11.4 Å². The van der Waals surface area contributed by atoms with Gasteiger partial charge in [-0.15, -0.1) is 0 Å². The van der Waals surface area contributed by atoms with E-state index in [1.165, 1.54) is 0 Å². The van der Waals surface area contributed by atoms with E-state index in [2.05, 4.69) is 22.8 Å². The van der Waals surface area contributed by atoms with E-state index < -0.39 is 0 Å². The molecule has 3 aromatic carbocycles. The summed E-state index contributed by atoms with van der Waals surface area (Å²) < 4.78 is 11.6. The molecule has 7 heteroatoms. The van der Waals surface area contributed by atoms with E-state index in [0.29, 0.717) is 42.7 Å². The zero-order valence-corrected chi connectivity index (χ0v) is 24.9. The maximum absolute atomic E-state index is 13.8. The van der Waals surface area contributed by atoms with Crippen LogP contribution in [0.4, 0.5) is 0 Å². The molecule has 2 aliphatic rings. The number of methoxy groups -OCH3 is 1. The summed E-state index contributed by atoms with van der Waals surface area (Å²) in [4.78, 5) is 29.1. The molecule has 2 N–H and O–H groups in total. The van der Waals surface area contributed by atoms with Gasteiger partial charge in [0.05, 0.1) is 13.0 Å². The summed E-state index contributed by atoms with van der Waals surface area (Å²) in [7, 11) is 1.60. The third kappa shape index (κ3) is 7.32. The number of carbonyl (C=O) groups excluding carboxylic acids is 2. The second kappa shape index (κ2) is 13.9. The molecule has 42 heavy (non-hydrogen) atoms. The average molecular weight is 570 g/mol. The summed E-state index contributed by atoms with van der Waals surface area (Å²) in [5.41, 5.74) is 2.71. The van der Waals surface area contributed by atoms with Gasteiger partial charge in [-0.25, -0.2) is 0 Å². The number of carbonyl (C=O) groups is 2. The van der Waals surface area contributed by atoms with Crippen LogP contribution in [0.5, 0.6) is 11.5 Å². The van der Waals surface area contributed by atoms with Gasteiger partial charge in [0.15, 0.2) is 11.5 Å². The molecular formula is C35H43N3O4. The van der Waals surface area contributed by atoms with Gasteiger partial charge in [0.1, 0.15) is 6.61 Å². The molecular weight excluding hydrogens is 526 g/mol. The SMILES string of the molecule is COc1ccc(C(=O)N(C[C@@H]2CNC[C@H]2CNC(=O)C(c2ccccc2)C2CC2)C(C)C)cc1OCc1ccccc1. The third-order valence-electron chi connectivity index (χ3n) is 8.52. The monoisotopic (exact) mass is 569 g/mol. The van der Waals surface area contributed by atoms with E-state index in [1.54, 1.807) is 25.3 Å². The van der Waals surface area contributed by atoms with Gasteiger partial charge in [-0.2, -0.15) is 0 Å². The smallest absolute Gasteiger partial charge is 0.254 e. The van der Waals surface area contributed by atoms with Crippen molar-refractivity contribution in [2.75, 3.05) is 33.3 Å². The Balaban J connectivity index is 1.23. The van der Waals surface area contributed by atoms with Crippen LogP contribution in [0.1, 0.15) is 54.1 Å². The molecule has 0 aromatic heterocycles. The predicted molar refractivity (Wildman–Crippen MR) is 165 cm³/mol. The van der Waals surface area contributed by atoms with Crippen molar-refractivity contribution in [3.63, 3.8) is 0 Å². The highest BCUT2D eigenvalue weighted by Crippen LogP contribution is 2.42. The first-order chi connectivity index (χ1) is 20.4. The Morgan fingerprint density at radius 3 is 2.29 bits per heavy atom. The highest BCUT2D eigenvalue weighted by molar-refractivity contribution is 5.95. The fraction of sp³-hybridized carbons (Fsp3) is 0.429.